The molecule has 0 spiro atoms. The summed E-state index contributed by atoms with van der Waals surface area (Å²) in [5, 5.41) is 0. The molecule has 1 aromatic heterocycles. The Morgan fingerprint density at radius 1 is 1.18 bits per heavy atom. The molecule has 3 nitrogen and oxygen atoms in total. The van der Waals surface area contributed by atoms with E-state index in [1.807, 2.05) is 13.0 Å². The molecule has 0 unspecified atom stereocenters. The molecule has 1 heterocycles. The van der Waals surface area contributed by atoms with Gasteiger partial charge in [0.1, 0.15) is 5.78 Å². The van der Waals surface area contributed by atoms with Gasteiger partial charge in [0.2, 0.25) is 0 Å². The van der Waals surface area contributed by atoms with Crippen molar-refractivity contribution in [3.05, 3.63) is 36.2 Å². The topological polar surface area (TPSA) is 42.9 Å². The number of hydrogen-bond acceptors (Lipinski definition) is 3. The standard InChI is InChI=1S/C14H16N2O/c1-2-12(17)5-3-4-11-6-7-13-14(10-11)16-9-8-15-13/h6-10H,2-5H2,1H3. The summed E-state index contributed by atoms with van der Waals surface area (Å²) in [4.78, 5) is 19.7. The molecular formula is C14H16N2O. The number of carbonyl (C=O) groups is 1. The van der Waals surface area contributed by atoms with Gasteiger partial charge in [-0.2, -0.15) is 0 Å². The Hall–Kier alpha value is -1.77. The van der Waals surface area contributed by atoms with Crippen molar-refractivity contribution in [3.63, 3.8) is 0 Å². The molecule has 0 saturated carbocycles. The molecule has 0 aliphatic carbocycles. The Bertz CT molecular complexity index is 522. The monoisotopic (exact) mass is 228 g/mol. The lowest BCUT2D eigenvalue weighted by molar-refractivity contribution is -0.118. The van der Waals surface area contributed by atoms with Gasteiger partial charge in [-0.05, 0) is 30.5 Å². The van der Waals surface area contributed by atoms with E-state index in [1.54, 1.807) is 12.4 Å². The SMILES string of the molecule is CCC(=O)CCCc1ccc2nccnc2c1. The van der Waals surface area contributed by atoms with Crippen LogP contribution in [0.5, 0.6) is 0 Å². The zero-order valence-electron chi connectivity index (χ0n) is 10.0. The van der Waals surface area contributed by atoms with Crippen LogP contribution in [0.25, 0.3) is 11.0 Å². The molecule has 17 heavy (non-hydrogen) atoms. The summed E-state index contributed by atoms with van der Waals surface area (Å²) < 4.78 is 0. The van der Waals surface area contributed by atoms with E-state index < -0.39 is 0 Å². The summed E-state index contributed by atoms with van der Waals surface area (Å²) >= 11 is 0. The van der Waals surface area contributed by atoms with Crippen molar-refractivity contribution in [1.29, 1.82) is 0 Å². The van der Waals surface area contributed by atoms with Gasteiger partial charge >= 0.3 is 0 Å². The Balaban J connectivity index is 2.02. The fourth-order valence-corrected chi connectivity index (χ4v) is 1.83. The molecule has 0 atom stereocenters. The van der Waals surface area contributed by atoms with Gasteiger partial charge in [-0.1, -0.05) is 13.0 Å². The van der Waals surface area contributed by atoms with Gasteiger partial charge in [-0.25, -0.2) is 0 Å². The van der Waals surface area contributed by atoms with E-state index in [0.29, 0.717) is 18.6 Å². The maximum Gasteiger partial charge on any atom is 0.132 e. The predicted molar refractivity (Wildman–Crippen MR) is 67.8 cm³/mol. The number of ketones is 1. The van der Waals surface area contributed by atoms with E-state index in [9.17, 15) is 4.79 Å². The third-order valence-electron chi connectivity index (χ3n) is 2.85. The summed E-state index contributed by atoms with van der Waals surface area (Å²) in [6.07, 6.45) is 6.56. The molecule has 0 N–H and O–H groups in total. The average Bonchev–Trinajstić information content (AvgIpc) is 2.38. The highest BCUT2D eigenvalue weighted by molar-refractivity contribution is 5.78. The minimum Gasteiger partial charge on any atom is -0.300 e. The molecule has 88 valence electrons. The molecule has 0 fully saturated rings. The van der Waals surface area contributed by atoms with Crippen molar-refractivity contribution >= 4 is 16.8 Å². The first-order valence-corrected chi connectivity index (χ1v) is 6.01. The molecule has 2 rings (SSSR count). The van der Waals surface area contributed by atoms with Crippen molar-refractivity contribution < 1.29 is 4.79 Å². The molecule has 0 aliphatic rings. The van der Waals surface area contributed by atoms with Gasteiger partial charge in [-0.3, -0.25) is 14.8 Å². The Kier molecular flexibility index (Phi) is 3.81. The lowest BCUT2D eigenvalue weighted by atomic mass is 10.1. The lowest BCUT2D eigenvalue weighted by Gasteiger charge is -2.02. The summed E-state index contributed by atoms with van der Waals surface area (Å²) in [5.41, 5.74) is 3.06. The second-order valence-electron chi connectivity index (χ2n) is 4.13. The quantitative estimate of drug-likeness (QED) is 0.790. The zero-order valence-corrected chi connectivity index (χ0v) is 10.0. The van der Waals surface area contributed by atoms with Crippen molar-refractivity contribution in [2.24, 2.45) is 0 Å². The number of hydrogen-bond donors (Lipinski definition) is 0. The first kappa shape index (κ1) is 11.7. The highest BCUT2D eigenvalue weighted by atomic mass is 16.1. The van der Waals surface area contributed by atoms with Crippen LogP contribution in [-0.2, 0) is 11.2 Å². The maximum atomic E-state index is 11.2. The summed E-state index contributed by atoms with van der Waals surface area (Å²) in [6.45, 7) is 1.91. The van der Waals surface area contributed by atoms with Gasteiger partial charge in [0.15, 0.2) is 0 Å². The third kappa shape index (κ3) is 3.09. The lowest BCUT2D eigenvalue weighted by Crippen LogP contribution is -1.96. The third-order valence-corrected chi connectivity index (χ3v) is 2.85. The first-order valence-electron chi connectivity index (χ1n) is 6.01. The summed E-state index contributed by atoms with van der Waals surface area (Å²) in [5.74, 6) is 0.339. The van der Waals surface area contributed by atoms with Gasteiger partial charge < -0.3 is 0 Å². The van der Waals surface area contributed by atoms with Crippen LogP contribution in [0.2, 0.25) is 0 Å². The van der Waals surface area contributed by atoms with E-state index in [-0.39, 0.29) is 0 Å². The van der Waals surface area contributed by atoms with Crippen LogP contribution >= 0.6 is 0 Å². The van der Waals surface area contributed by atoms with E-state index >= 15 is 0 Å². The molecule has 1 aromatic carbocycles. The second kappa shape index (κ2) is 5.53. The molecule has 0 aliphatic heterocycles. The number of rotatable bonds is 5. The minimum absolute atomic E-state index is 0.339. The largest absolute Gasteiger partial charge is 0.300 e. The van der Waals surface area contributed by atoms with Crippen molar-refractivity contribution in [2.75, 3.05) is 0 Å². The zero-order chi connectivity index (χ0) is 12.1. The minimum atomic E-state index is 0.339. The highest BCUT2D eigenvalue weighted by Gasteiger charge is 2.01. The normalized spacial score (nSPS) is 10.6. The molecule has 0 amide bonds. The smallest absolute Gasteiger partial charge is 0.132 e. The first-order chi connectivity index (χ1) is 8.29. The van der Waals surface area contributed by atoms with Crippen molar-refractivity contribution in [2.45, 2.75) is 32.6 Å². The number of carbonyl (C=O) groups excluding carboxylic acids is 1. The van der Waals surface area contributed by atoms with E-state index in [4.69, 9.17) is 0 Å². The fraction of sp³-hybridized carbons (Fsp3) is 0.357. The van der Waals surface area contributed by atoms with Gasteiger partial charge in [0, 0.05) is 25.2 Å². The number of aryl methyl sites for hydroxylation is 1. The molecule has 0 saturated heterocycles. The number of aromatic nitrogens is 2. The van der Waals surface area contributed by atoms with E-state index in [2.05, 4.69) is 22.1 Å². The number of benzene rings is 1. The van der Waals surface area contributed by atoms with Crippen LogP contribution in [0.1, 0.15) is 31.7 Å². The van der Waals surface area contributed by atoms with Crippen LogP contribution in [0.4, 0.5) is 0 Å². The van der Waals surface area contributed by atoms with Crippen LogP contribution in [-0.4, -0.2) is 15.8 Å². The second-order valence-corrected chi connectivity index (χ2v) is 4.13. The fourth-order valence-electron chi connectivity index (χ4n) is 1.83. The molecule has 3 heteroatoms. The van der Waals surface area contributed by atoms with Crippen LogP contribution in [0.3, 0.4) is 0 Å². The Morgan fingerprint density at radius 3 is 2.71 bits per heavy atom. The summed E-state index contributed by atoms with van der Waals surface area (Å²) in [7, 11) is 0. The van der Waals surface area contributed by atoms with Gasteiger partial charge in [0.25, 0.3) is 0 Å². The van der Waals surface area contributed by atoms with Crippen LogP contribution in [0.15, 0.2) is 30.6 Å². The van der Waals surface area contributed by atoms with Crippen LogP contribution < -0.4 is 0 Å². The van der Waals surface area contributed by atoms with Gasteiger partial charge in [0.05, 0.1) is 11.0 Å². The summed E-state index contributed by atoms with van der Waals surface area (Å²) in [6, 6.07) is 6.10. The maximum absolute atomic E-state index is 11.2. The Labute approximate surface area is 101 Å². The number of fused-ring (bicyclic) bond motifs is 1. The molecule has 0 radical (unpaired) electrons. The predicted octanol–water partition coefficient (Wildman–Crippen LogP) is 2.93. The molecular weight excluding hydrogens is 212 g/mol. The Morgan fingerprint density at radius 2 is 1.94 bits per heavy atom. The number of Topliss-reactive ketones (excluding diaryl/α,β-unsaturated/α-hetero) is 1. The molecule has 0 bridgehead atoms. The number of nitrogens with zero attached hydrogens (tertiary/aromatic N) is 2. The van der Waals surface area contributed by atoms with E-state index in [0.717, 1.165) is 23.9 Å². The molecule has 2 aromatic rings. The highest BCUT2D eigenvalue weighted by Crippen LogP contribution is 2.13. The van der Waals surface area contributed by atoms with E-state index in [1.165, 1.54) is 5.56 Å². The van der Waals surface area contributed by atoms with Crippen molar-refractivity contribution in [1.82, 2.24) is 9.97 Å². The van der Waals surface area contributed by atoms with Gasteiger partial charge in [-0.15, -0.1) is 0 Å². The van der Waals surface area contributed by atoms with Crippen LogP contribution in [0, 0.1) is 0 Å². The van der Waals surface area contributed by atoms with Crippen molar-refractivity contribution in [3.8, 4) is 0 Å². The average molecular weight is 228 g/mol.